The molecular weight excluding hydrogens is 241 g/mol. The second-order valence-corrected chi connectivity index (χ2v) is 4.71. The van der Waals surface area contributed by atoms with Crippen LogP contribution in [0.1, 0.15) is 24.5 Å². The minimum atomic E-state index is -0.227. The van der Waals surface area contributed by atoms with Gasteiger partial charge in [-0.3, -0.25) is 4.79 Å². The van der Waals surface area contributed by atoms with Crippen LogP contribution in [-0.2, 0) is 11.2 Å². The van der Waals surface area contributed by atoms with Crippen molar-refractivity contribution >= 4 is 11.6 Å². The highest BCUT2D eigenvalue weighted by Crippen LogP contribution is 2.31. The lowest BCUT2D eigenvalue weighted by molar-refractivity contribution is -0.114. The third-order valence-electron chi connectivity index (χ3n) is 3.25. The molecule has 0 aliphatic carbocycles. The number of fused-ring (bicyclic) bond motifs is 1. The quantitative estimate of drug-likeness (QED) is 0.587. The molecule has 0 bridgehead atoms. The van der Waals surface area contributed by atoms with E-state index in [2.05, 4.69) is 0 Å². The SMILES string of the molecule is CC=CC=CC(=O)N1CCCc2cc(F)cc(C)c21. The van der Waals surface area contributed by atoms with Gasteiger partial charge in [-0.1, -0.05) is 18.2 Å². The molecule has 0 N–H and O–H groups in total. The number of aryl methyl sites for hydroxylation is 2. The Bertz CT molecular complexity index is 546. The van der Waals surface area contributed by atoms with E-state index in [0.717, 1.165) is 29.7 Å². The topological polar surface area (TPSA) is 20.3 Å². The van der Waals surface area contributed by atoms with E-state index in [0.29, 0.717) is 6.54 Å². The van der Waals surface area contributed by atoms with E-state index >= 15 is 0 Å². The highest BCUT2D eigenvalue weighted by molar-refractivity contribution is 6.02. The van der Waals surface area contributed by atoms with Gasteiger partial charge >= 0.3 is 0 Å². The monoisotopic (exact) mass is 259 g/mol. The van der Waals surface area contributed by atoms with E-state index in [9.17, 15) is 9.18 Å². The van der Waals surface area contributed by atoms with Crippen molar-refractivity contribution in [3.63, 3.8) is 0 Å². The van der Waals surface area contributed by atoms with Crippen molar-refractivity contribution in [3.8, 4) is 0 Å². The number of rotatable bonds is 2. The molecule has 0 radical (unpaired) electrons. The number of carbonyl (C=O) groups excluding carboxylic acids is 1. The minimum absolute atomic E-state index is 0.0474. The molecule has 0 atom stereocenters. The standard InChI is InChI=1S/C16H18FNO/c1-3-4-5-8-15(19)18-9-6-7-13-11-14(17)10-12(2)16(13)18/h3-5,8,10-11H,6-7,9H2,1-2H3. The Balaban J connectivity index is 2.34. The summed E-state index contributed by atoms with van der Waals surface area (Å²) in [4.78, 5) is 13.9. The van der Waals surface area contributed by atoms with Crippen molar-refractivity contribution in [2.75, 3.05) is 11.4 Å². The molecule has 0 unspecified atom stereocenters. The predicted molar refractivity (Wildman–Crippen MR) is 75.8 cm³/mol. The molecule has 1 heterocycles. The van der Waals surface area contributed by atoms with E-state index in [1.165, 1.54) is 12.1 Å². The lowest BCUT2D eigenvalue weighted by Gasteiger charge is -2.30. The van der Waals surface area contributed by atoms with Gasteiger partial charge in [-0.15, -0.1) is 0 Å². The smallest absolute Gasteiger partial charge is 0.250 e. The lowest BCUT2D eigenvalue weighted by Crippen LogP contribution is -2.35. The fraction of sp³-hybridized carbons (Fsp3) is 0.312. The van der Waals surface area contributed by atoms with Crippen LogP contribution in [0.5, 0.6) is 0 Å². The van der Waals surface area contributed by atoms with E-state index in [4.69, 9.17) is 0 Å². The normalized spacial score (nSPS) is 15.2. The fourth-order valence-corrected chi connectivity index (χ4v) is 2.48. The predicted octanol–water partition coefficient (Wildman–Crippen LogP) is 3.55. The molecule has 1 amide bonds. The van der Waals surface area contributed by atoms with Crippen molar-refractivity contribution < 1.29 is 9.18 Å². The van der Waals surface area contributed by atoms with Gasteiger partial charge in [-0.05, 0) is 49.9 Å². The molecule has 2 nitrogen and oxygen atoms in total. The number of allylic oxidation sites excluding steroid dienone is 3. The van der Waals surface area contributed by atoms with Crippen molar-refractivity contribution in [2.45, 2.75) is 26.7 Å². The molecule has 1 aliphatic heterocycles. The molecule has 0 fully saturated rings. The summed E-state index contributed by atoms with van der Waals surface area (Å²) in [6, 6.07) is 3.03. The third-order valence-corrected chi connectivity index (χ3v) is 3.25. The van der Waals surface area contributed by atoms with Gasteiger partial charge in [0.25, 0.3) is 5.91 Å². The molecular formula is C16H18FNO. The highest BCUT2D eigenvalue weighted by atomic mass is 19.1. The van der Waals surface area contributed by atoms with Crippen molar-refractivity contribution in [3.05, 3.63) is 53.4 Å². The van der Waals surface area contributed by atoms with Gasteiger partial charge < -0.3 is 4.90 Å². The zero-order valence-corrected chi connectivity index (χ0v) is 11.3. The molecule has 0 aromatic heterocycles. The Morgan fingerprint density at radius 2 is 2.16 bits per heavy atom. The van der Waals surface area contributed by atoms with Crippen molar-refractivity contribution in [2.24, 2.45) is 0 Å². The second-order valence-electron chi connectivity index (χ2n) is 4.71. The van der Waals surface area contributed by atoms with E-state index < -0.39 is 0 Å². The van der Waals surface area contributed by atoms with E-state index in [-0.39, 0.29) is 11.7 Å². The summed E-state index contributed by atoms with van der Waals surface area (Å²) in [6.45, 7) is 4.44. The Labute approximate surface area is 113 Å². The Morgan fingerprint density at radius 3 is 2.89 bits per heavy atom. The van der Waals surface area contributed by atoms with Gasteiger partial charge in [-0.2, -0.15) is 0 Å². The summed E-state index contributed by atoms with van der Waals surface area (Å²) in [7, 11) is 0. The molecule has 0 saturated heterocycles. The summed E-state index contributed by atoms with van der Waals surface area (Å²) in [6.07, 6.45) is 8.68. The van der Waals surface area contributed by atoms with Gasteiger partial charge in [0.05, 0.1) is 5.69 Å². The number of halogens is 1. The van der Waals surface area contributed by atoms with Crippen molar-refractivity contribution in [1.29, 1.82) is 0 Å². The maximum atomic E-state index is 13.4. The van der Waals surface area contributed by atoms with E-state index in [1.54, 1.807) is 17.1 Å². The molecule has 2 rings (SSSR count). The lowest BCUT2D eigenvalue weighted by atomic mass is 9.98. The van der Waals surface area contributed by atoms with Gasteiger partial charge in [-0.25, -0.2) is 4.39 Å². The number of hydrogen-bond acceptors (Lipinski definition) is 1. The maximum absolute atomic E-state index is 13.4. The van der Waals surface area contributed by atoms with Gasteiger partial charge in [0.15, 0.2) is 0 Å². The molecule has 1 aromatic carbocycles. The van der Waals surface area contributed by atoms with Crippen LogP contribution in [0.15, 0.2) is 36.4 Å². The highest BCUT2D eigenvalue weighted by Gasteiger charge is 2.23. The van der Waals surface area contributed by atoms with Crippen LogP contribution in [0.4, 0.5) is 10.1 Å². The van der Waals surface area contributed by atoms with Crippen LogP contribution in [0, 0.1) is 12.7 Å². The first-order valence-corrected chi connectivity index (χ1v) is 6.53. The van der Waals surface area contributed by atoms with Crippen LogP contribution in [-0.4, -0.2) is 12.5 Å². The number of nitrogens with zero attached hydrogens (tertiary/aromatic N) is 1. The molecule has 0 spiro atoms. The number of carbonyl (C=O) groups is 1. The van der Waals surface area contributed by atoms with Crippen LogP contribution >= 0.6 is 0 Å². The maximum Gasteiger partial charge on any atom is 0.250 e. The molecule has 19 heavy (non-hydrogen) atoms. The minimum Gasteiger partial charge on any atom is -0.308 e. The van der Waals surface area contributed by atoms with E-state index in [1.807, 2.05) is 26.0 Å². The van der Waals surface area contributed by atoms with Gasteiger partial charge in [0, 0.05) is 12.6 Å². The number of benzene rings is 1. The van der Waals surface area contributed by atoms with Crippen LogP contribution in [0.2, 0.25) is 0 Å². The Kier molecular flexibility index (Phi) is 4.15. The summed E-state index contributed by atoms with van der Waals surface area (Å²) in [5.74, 6) is -0.274. The number of anilines is 1. The first-order chi connectivity index (χ1) is 9.13. The first-order valence-electron chi connectivity index (χ1n) is 6.53. The third kappa shape index (κ3) is 2.92. The summed E-state index contributed by atoms with van der Waals surface area (Å²) < 4.78 is 13.4. The number of amides is 1. The average molecular weight is 259 g/mol. The Hall–Kier alpha value is -1.90. The zero-order chi connectivity index (χ0) is 13.8. The summed E-state index contributed by atoms with van der Waals surface area (Å²) in [5.41, 5.74) is 2.63. The second kappa shape index (κ2) is 5.83. The fourth-order valence-electron chi connectivity index (χ4n) is 2.48. The molecule has 0 saturated carbocycles. The van der Waals surface area contributed by atoms with Crippen molar-refractivity contribution in [1.82, 2.24) is 0 Å². The first kappa shape index (κ1) is 13.5. The largest absolute Gasteiger partial charge is 0.308 e. The summed E-state index contributed by atoms with van der Waals surface area (Å²) >= 11 is 0. The summed E-state index contributed by atoms with van der Waals surface area (Å²) in [5, 5.41) is 0. The molecule has 3 heteroatoms. The van der Waals surface area contributed by atoms with Crippen LogP contribution in [0.25, 0.3) is 0 Å². The molecule has 1 aromatic rings. The molecule has 1 aliphatic rings. The number of hydrogen-bond donors (Lipinski definition) is 0. The molecule has 100 valence electrons. The Morgan fingerprint density at radius 1 is 1.37 bits per heavy atom. The van der Waals surface area contributed by atoms with Crippen LogP contribution < -0.4 is 4.90 Å². The average Bonchev–Trinajstić information content (AvgIpc) is 2.37. The van der Waals surface area contributed by atoms with Gasteiger partial charge in [0.2, 0.25) is 0 Å². The van der Waals surface area contributed by atoms with Crippen LogP contribution in [0.3, 0.4) is 0 Å². The van der Waals surface area contributed by atoms with Gasteiger partial charge in [0.1, 0.15) is 5.82 Å². The zero-order valence-electron chi connectivity index (χ0n) is 11.3.